The third kappa shape index (κ3) is 5.11. The number of carbonyl (C=O) groups is 1. The van der Waals surface area contributed by atoms with Crippen LogP contribution in [0.3, 0.4) is 0 Å². The van der Waals surface area contributed by atoms with Gasteiger partial charge in [-0.05, 0) is 24.1 Å². The van der Waals surface area contributed by atoms with Crippen molar-refractivity contribution in [2.75, 3.05) is 24.1 Å². The summed E-state index contributed by atoms with van der Waals surface area (Å²) in [5.41, 5.74) is 5.76. The fraction of sp³-hybridized carbons (Fsp3) is 0.462. The molecule has 0 unspecified atom stereocenters. The number of alkyl halides is 2. The van der Waals surface area contributed by atoms with Crippen molar-refractivity contribution in [3.05, 3.63) is 23.8 Å². The third-order valence-corrected chi connectivity index (χ3v) is 2.46. The van der Waals surface area contributed by atoms with Crippen LogP contribution in [0.2, 0.25) is 0 Å². The minimum Gasteiger partial charge on any atom is -0.399 e. The molecule has 4 nitrogen and oxygen atoms in total. The summed E-state index contributed by atoms with van der Waals surface area (Å²) in [7, 11) is 0. The molecule has 0 bridgehead atoms. The Morgan fingerprint density at radius 3 is 2.63 bits per heavy atom. The molecule has 0 fully saturated rings. The second-order valence-electron chi connectivity index (χ2n) is 4.70. The molecule has 1 aromatic rings. The maximum atomic E-state index is 12.8. The zero-order chi connectivity index (χ0) is 14.4. The minimum absolute atomic E-state index is 0.0453. The average molecular weight is 271 g/mol. The first-order valence-electron chi connectivity index (χ1n) is 6.08. The van der Waals surface area contributed by atoms with Gasteiger partial charge in [0.2, 0.25) is 5.91 Å². The van der Waals surface area contributed by atoms with E-state index in [-0.39, 0.29) is 29.4 Å². The van der Waals surface area contributed by atoms with Crippen molar-refractivity contribution >= 4 is 17.3 Å². The number of benzene rings is 1. The highest BCUT2D eigenvalue weighted by atomic mass is 19.3. The molecular formula is C13H19F2N3O. The lowest BCUT2D eigenvalue weighted by Crippen LogP contribution is -2.32. The monoisotopic (exact) mass is 271 g/mol. The van der Waals surface area contributed by atoms with Crippen LogP contribution in [0.15, 0.2) is 18.2 Å². The smallest absolute Gasteiger partial charge is 0.265 e. The largest absolute Gasteiger partial charge is 0.399 e. The van der Waals surface area contributed by atoms with Crippen molar-refractivity contribution in [2.45, 2.75) is 20.3 Å². The molecule has 0 saturated carbocycles. The van der Waals surface area contributed by atoms with Crippen LogP contribution in [0.25, 0.3) is 0 Å². The Kier molecular flexibility index (Phi) is 5.54. The summed E-state index contributed by atoms with van der Waals surface area (Å²) >= 11 is 0. The lowest BCUT2D eigenvalue weighted by atomic mass is 10.1. The van der Waals surface area contributed by atoms with E-state index in [1.807, 2.05) is 13.8 Å². The van der Waals surface area contributed by atoms with Gasteiger partial charge in [-0.3, -0.25) is 4.79 Å². The van der Waals surface area contributed by atoms with Crippen LogP contribution in [-0.4, -0.2) is 19.0 Å². The zero-order valence-electron chi connectivity index (χ0n) is 11.0. The van der Waals surface area contributed by atoms with E-state index in [4.69, 9.17) is 5.73 Å². The van der Waals surface area contributed by atoms with E-state index >= 15 is 0 Å². The van der Waals surface area contributed by atoms with Crippen molar-refractivity contribution < 1.29 is 13.6 Å². The van der Waals surface area contributed by atoms with E-state index in [1.54, 1.807) is 0 Å². The first kappa shape index (κ1) is 15.2. The first-order valence-corrected chi connectivity index (χ1v) is 6.08. The molecular weight excluding hydrogens is 252 g/mol. The summed E-state index contributed by atoms with van der Waals surface area (Å²) < 4.78 is 25.6. The number of anilines is 2. The second-order valence-corrected chi connectivity index (χ2v) is 4.70. The van der Waals surface area contributed by atoms with Gasteiger partial charge in [0.05, 0.1) is 6.54 Å². The number of hydrogen-bond donors (Lipinski definition) is 3. The standard InChI is InChI=1S/C13H19F2N3O/c1-8(2)6-18-12(19)7-17-11-4-3-9(16)5-10(11)13(14)15/h3-5,8,13,17H,6-7,16H2,1-2H3,(H,18,19). The molecule has 1 rings (SSSR count). The van der Waals surface area contributed by atoms with Gasteiger partial charge in [-0.15, -0.1) is 0 Å². The fourth-order valence-electron chi connectivity index (χ4n) is 1.48. The van der Waals surface area contributed by atoms with Crippen LogP contribution in [0.5, 0.6) is 0 Å². The van der Waals surface area contributed by atoms with E-state index < -0.39 is 6.43 Å². The normalized spacial score (nSPS) is 10.8. The van der Waals surface area contributed by atoms with Crippen LogP contribution in [-0.2, 0) is 4.79 Å². The lowest BCUT2D eigenvalue weighted by Gasteiger charge is -2.13. The maximum absolute atomic E-state index is 12.8. The SMILES string of the molecule is CC(C)CNC(=O)CNc1ccc(N)cc1C(F)F. The second kappa shape index (κ2) is 6.92. The predicted octanol–water partition coefficient (Wildman–Crippen LogP) is 2.39. The zero-order valence-corrected chi connectivity index (χ0v) is 11.0. The number of rotatable bonds is 6. The Morgan fingerprint density at radius 1 is 1.37 bits per heavy atom. The molecule has 6 heteroatoms. The molecule has 0 heterocycles. The van der Waals surface area contributed by atoms with Crippen molar-refractivity contribution in [3.63, 3.8) is 0 Å². The average Bonchev–Trinajstić information content (AvgIpc) is 2.34. The van der Waals surface area contributed by atoms with E-state index in [1.165, 1.54) is 18.2 Å². The summed E-state index contributed by atoms with van der Waals surface area (Å²) in [6.07, 6.45) is -2.63. The van der Waals surface area contributed by atoms with Gasteiger partial charge in [-0.25, -0.2) is 8.78 Å². The summed E-state index contributed by atoms with van der Waals surface area (Å²) in [5.74, 6) is 0.114. The van der Waals surface area contributed by atoms with Gasteiger partial charge in [-0.1, -0.05) is 13.8 Å². The highest BCUT2D eigenvalue weighted by Crippen LogP contribution is 2.28. The molecule has 1 amide bonds. The summed E-state index contributed by atoms with van der Waals surface area (Å²) in [4.78, 5) is 11.5. The molecule has 4 N–H and O–H groups in total. The number of nitrogens with two attached hydrogens (primary N) is 1. The molecule has 0 saturated heterocycles. The van der Waals surface area contributed by atoms with Crippen LogP contribution < -0.4 is 16.4 Å². The van der Waals surface area contributed by atoms with Gasteiger partial charge in [0.25, 0.3) is 6.43 Å². The van der Waals surface area contributed by atoms with Crippen LogP contribution in [0, 0.1) is 5.92 Å². The molecule has 0 aliphatic heterocycles. The van der Waals surface area contributed by atoms with Crippen LogP contribution >= 0.6 is 0 Å². The summed E-state index contributed by atoms with van der Waals surface area (Å²) in [5, 5.41) is 5.40. The Labute approximate surface area is 111 Å². The maximum Gasteiger partial charge on any atom is 0.265 e. The molecule has 0 atom stereocenters. The topological polar surface area (TPSA) is 67.2 Å². The van der Waals surface area contributed by atoms with Crippen molar-refractivity contribution in [1.29, 1.82) is 0 Å². The number of amides is 1. The molecule has 19 heavy (non-hydrogen) atoms. The minimum atomic E-state index is -2.63. The predicted molar refractivity (Wildman–Crippen MR) is 72.1 cm³/mol. The number of nitrogen functional groups attached to an aromatic ring is 1. The third-order valence-electron chi connectivity index (χ3n) is 2.46. The molecule has 0 aliphatic rings. The number of hydrogen-bond acceptors (Lipinski definition) is 3. The molecule has 1 aromatic carbocycles. The summed E-state index contributed by atoms with van der Waals surface area (Å²) in [6, 6.07) is 4.17. The lowest BCUT2D eigenvalue weighted by molar-refractivity contribution is -0.119. The Balaban J connectivity index is 2.60. The van der Waals surface area contributed by atoms with Crippen LogP contribution in [0.1, 0.15) is 25.8 Å². The first-order chi connectivity index (χ1) is 8.90. The Morgan fingerprint density at radius 2 is 2.05 bits per heavy atom. The van der Waals surface area contributed by atoms with Crippen molar-refractivity contribution in [2.24, 2.45) is 5.92 Å². The quantitative estimate of drug-likeness (QED) is 0.696. The number of nitrogens with one attached hydrogen (secondary N) is 2. The number of carbonyl (C=O) groups excluding carboxylic acids is 1. The van der Waals surface area contributed by atoms with Crippen LogP contribution in [0.4, 0.5) is 20.2 Å². The van der Waals surface area contributed by atoms with E-state index in [9.17, 15) is 13.6 Å². The van der Waals surface area contributed by atoms with Gasteiger partial charge in [0, 0.05) is 23.5 Å². The van der Waals surface area contributed by atoms with E-state index in [2.05, 4.69) is 10.6 Å². The van der Waals surface area contributed by atoms with Gasteiger partial charge in [-0.2, -0.15) is 0 Å². The Bertz CT molecular complexity index is 436. The van der Waals surface area contributed by atoms with E-state index in [0.29, 0.717) is 12.5 Å². The molecule has 106 valence electrons. The molecule has 0 spiro atoms. The Hall–Kier alpha value is -1.85. The molecule has 0 aromatic heterocycles. The van der Waals surface area contributed by atoms with Gasteiger partial charge >= 0.3 is 0 Å². The van der Waals surface area contributed by atoms with Gasteiger partial charge in [0.1, 0.15) is 0 Å². The highest BCUT2D eigenvalue weighted by Gasteiger charge is 2.14. The number of halogens is 2. The summed E-state index contributed by atoms with van der Waals surface area (Å²) in [6.45, 7) is 4.46. The fourth-order valence-corrected chi connectivity index (χ4v) is 1.48. The molecule has 0 radical (unpaired) electrons. The van der Waals surface area contributed by atoms with Crippen molar-refractivity contribution in [3.8, 4) is 0 Å². The van der Waals surface area contributed by atoms with Gasteiger partial charge in [0.15, 0.2) is 0 Å². The molecule has 0 aliphatic carbocycles. The van der Waals surface area contributed by atoms with Crippen molar-refractivity contribution in [1.82, 2.24) is 5.32 Å². The highest BCUT2D eigenvalue weighted by molar-refractivity contribution is 5.81. The van der Waals surface area contributed by atoms with Gasteiger partial charge < -0.3 is 16.4 Å². The van der Waals surface area contributed by atoms with E-state index in [0.717, 1.165) is 0 Å².